The van der Waals surface area contributed by atoms with E-state index in [2.05, 4.69) is 0 Å². The maximum atomic E-state index is 11.0. The third-order valence-corrected chi connectivity index (χ3v) is 3.27. The van der Waals surface area contributed by atoms with E-state index in [1.165, 1.54) is 24.3 Å². The number of carbonyl (C=O) groups is 1. The predicted octanol–water partition coefficient (Wildman–Crippen LogP) is 2.81. The van der Waals surface area contributed by atoms with Gasteiger partial charge in [-0.2, -0.15) is 0 Å². The Morgan fingerprint density at radius 3 is 1.75 bits per heavy atom. The van der Waals surface area contributed by atoms with Gasteiger partial charge in [-0.15, -0.1) is 0 Å². The van der Waals surface area contributed by atoms with Crippen LogP contribution in [-0.2, 0) is 0 Å². The molecule has 0 aliphatic heterocycles. The number of aromatic carboxylic acids is 1. The fraction of sp³-hybridized carbons (Fsp3) is 0. The highest BCUT2D eigenvalue weighted by molar-refractivity contribution is 6.06. The lowest BCUT2D eigenvalue weighted by Crippen LogP contribution is -1.96. The van der Waals surface area contributed by atoms with Gasteiger partial charge in [-0.05, 0) is 47.2 Å². The summed E-state index contributed by atoms with van der Waals surface area (Å²) >= 11 is 0. The van der Waals surface area contributed by atoms with Crippen LogP contribution >= 0.6 is 0 Å². The molecule has 0 atom stereocenters. The Kier molecular flexibility index (Phi) is 2.44. The first-order valence-corrected chi connectivity index (χ1v) is 5.82. The standard InChI is InChI=1S/C15H10O5/c16-12-1-2-13(17)10-4-8-6-14(18)11(15(19)20)5-7(8)3-9(10)12/h1-6,16-18H,(H,19,20). The summed E-state index contributed by atoms with van der Waals surface area (Å²) in [6, 6.07) is 8.55. The molecule has 0 amide bonds. The maximum absolute atomic E-state index is 11.0. The van der Waals surface area contributed by atoms with Crippen molar-refractivity contribution in [1.29, 1.82) is 0 Å². The lowest BCUT2D eigenvalue weighted by molar-refractivity contribution is 0.0694. The molecule has 0 saturated heterocycles. The summed E-state index contributed by atoms with van der Waals surface area (Å²) < 4.78 is 0. The molecule has 0 aliphatic carbocycles. The van der Waals surface area contributed by atoms with Gasteiger partial charge < -0.3 is 20.4 Å². The van der Waals surface area contributed by atoms with Gasteiger partial charge in [0, 0.05) is 10.8 Å². The Labute approximate surface area is 112 Å². The molecule has 0 fully saturated rings. The summed E-state index contributed by atoms with van der Waals surface area (Å²) in [6.45, 7) is 0. The Hall–Kier alpha value is -2.95. The molecule has 0 aromatic heterocycles. The normalized spacial score (nSPS) is 11.0. The molecule has 4 N–H and O–H groups in total. The van der Waals surface area contributed by atoms with E-state index in [0.29, 0.717) is 21.5 Å². The molecule has 3 aromatic carbocycles. The second-order valence-electron chi connectivity index (χ2n) is 4.52. The third-order valence-electron chi connectivity index (χ3n) is 3.27. The predicted molar refractivity (Wildman–Crippen MR) is 73.4 cm³/mol. The second-order valence-corrected chi connectivity index (χ2v) is 4.52. The lowest BCUT2D eigenvalue weighted by Gasteiger charge is -2.08. The van der Waals surface area contributed by atoms with E-state index in [1.807, 2.05) is 0 Å². The Bertz CT molecular complexity index is 867. The average molecular weight is 270 g/mol. The molecular formula is C15H10O5. The topological polar surface area (TPSA) is 98.0 Å². The quantitative estimate of drug-likeness (QED) is 0.402. The van der Waals surface area contributed by atoms with Crippen molar-refractivity contribution in [3.05, 3.63) is 42.0 Å². The van der Waals surface area contributed by atoms with E-state index in [-0.39, 0.29) is 22.8 Å². The van der Waals surface area contributed by atoms with Gasteiger partial charge in [-0.3, -0.25) is 0 Å². The fourth-order valence-electron chi connectivity index (χ4n) is 2.27. The highest BCUT2D eigenvalue weighted by Crippen LogP contribution is 2.36. The largest absolute Gasteiger partial charge is 0.507 e. The van der Waals surface area contributed by atoms with Crippen LogP contribution in [0.3, 0.4) is 0 Å². The molecular weight excluding hydrogens is 260 g/mol. The van der Waals surface area contributed by atoms with Gasteiger partial charge >= 0.3 is 5.97 Å². The summed E-state index contributed by atoms with van der Waals surface area (Å²) in [5.41, 5.74) is -0.212. The number of phenolic OH excluding ortho intramolecular Hbond substituents is 2. The number of phenols is 3. The SMILES string of the molecule is O=C(O)c1cc2cc3c(O)ccc(O)c3cc2cc1O. The first kappa shape index (κ1) is 12.1. The molecule has 20 heavy (non-hydrogen) atoms. The summed E-state index contributed by atoms with van der Waals surface area (Å²) in [6.07, 6.45) is 0. The zero-order valence-electron chi connectivity index (χ0n) is 10.2. The number of carboxylic acid groups (broad SMARTS) is 1. The molecule has 3 aromatic rings. The van der Waals surface area contributed by atoms with Crippen molar-refractivity contribution in [2.45, 2.75) is 0 Å². The third kappa shape index (κ3) is 1.68. The molecule has 0 bridgehead atoms. The number of hydrogen-bond donors (Lipinski definition) is 4. The number of hydrogen-bond acceptors (Lipinski definition) is 4. The van der Waals surface area contributed by atoms with E-state index in [1.54, 1.807) is 12.1 Å². The van der Waals surface area contributed by atoms with Gasteiger partial charge in [0.1, 0.15) is 22.8 Å². The molecule has 5 heteroatoms. The number of benzene rings is 3. The fourth-order valence-corrected chi connectivity index (χ4v) is 2.27. The van der Waals surface area contributed by atoms with Gasteiger partial charge in [0.2, 0.25) is 0 Å². The van der Waals surface area contributed by atoms with Crippen molar-refractivity contribution in [2.24, 2.45) is 0 Å². The van der Waals surface area contributed by atoms with Crippen molar-refractivity contribution >= 4 is 27.5 Å². The summed E-state index contributed by atoms with van der Waals surface area (Å²) in [4.78, 5) is 11.0. The maximum Gasteiger partial charge on any atom is 0.339 e. The molecule has 0 heterocycles. The highest BCUT2D eigenvalue weighted by atomic mass is 16.4. The minimum Gasteiger partial charge on any atom is -0.507 e. The van der Waals surface area contributed by atoms with Crippen LogP contribution in [0.5, 0.6) is 17.2 Å². The van der Waals surface area contributed by atoms with Gasteiger partial charge in [0.15, 0.2) is 0 Å². The number of rotatable bonds is 1. The number of carboxylic acids is 1. The second kappa shape index (κ2) is 4.03. The zero-order valence-corrected chi connectivity index (χ0v) is 10.2. The van der Waals surface area contributed by atoms with Gasteiger partial charge in [0.25, 0.3) is 0 Å². The van der Waals surface area contributed by atoms with Crippen LogP contribution in [0, 0.1) is 0 Å². The molecule has 5 nitrogen and oxygen atoms in total. The van der Waals surface area contributed by atoms with Crippen LogP contribution in [0.25, 0.3) is 21.5 Å². The highest BCUT2D eigenvalue weighted by Gasteiger charge is 2.13. The van der Waals surface area contributed by atoms with E-state index in [9.17, 15) is 20.1 Å². The van der Waals surface area contributed by atoms with Gasteiger partial charge in [-0.25, -0.2) is 4.79 Å². The van der Waals surface area contributed by atoms with Crippen LogP contribution in [0.15, 0.2) is 36.4 Å². The smallest absolute Gasteiger partial charge is 0.339 e. The molecule has 0 aliphatic rings. The Morgan fingerprint density at radius 1 is 0.750 bits per heavy atom. The monoisotopic (exact) mass is 270 g/mol. The minimum absolute atomic E-state index is 0.00139. The van der Waals surface area contributed by atoms with E-state index >= 15 is 0 Å². The van der Waals surface area contributed by atoms with Crippen molar-refractivity contribution in [2.75, 3.05) is 0 Å². The van der Waals surface area contributed by atoms with Crippen LogP contribution < -0.4 is 0 Å². The van der Waals surface area contributed by atoms with Crippen molar-refractivity contribution in [1.82, 2.24) is 0 Å². The lowest BCUT2D eigenvalue weighted by atomic mass is 10.00. The average Bonchev–Trinajstić information content (AvgIpc) is 2.40. The van der Waals surface area contributed by atoms with Gasteiger partial charge in [0.05, 0.1) is 0 Å². The number of aromatic hydroxyl groups is 3. The minimum atomic E-state index is -1.23. The summed E-state index contributed by atoms with van der Waals surface area (Å²) in [5, 5.41) is 40.2. The molecule has 0 unspecified atom stereocenters. The summed E-state index contributed by atoms with van der Waals surface area (Å²) in [7, 11) is 0. The molecule has 100 valence electrons. The summed E-state index contributed by atoms with van der Waals surface area (Å²) in [5.74, 6) is -1.58. The van der Waals surface area contributed by atoms with E-state index < -0.39 is 5.97 Å². The first-order valence-electron chi connectivity index (χ1n) is 5.82. The zero-order chi connectivity index (χ0) is 14.4. The van der Waals surface area contributed by atoms with Crippen LogP contribution in [0.2, 0.25) is 0 Å². The van der Waals surface area contributed by atoms with E-state index in [0.717, 1.165) is 0 Å². The van der Waals surface area contributed by atoms with Crippen molar-refractivity contribution < 1.29 is 25.2 Å². The van der Waals surface area contributed by atoms with Crippen LogP contribution in [0.1, 0.15) is 10.4 Å². The molecule has 0 spiro atoms. The van der Waals surface area contributed by atoms with Gasteiger partial charge in [-0.1, -0.05) is 0 Å². The van der Waals surface area contributed by atoms with E-state index in [4.69, 9.17) is 5.11 Å². The Balaban J connectivity index is 2.45. The van der Waals surface area contributed by atoms with Crippen molar-refractivity contribution in [3.8, 4) is 17.2 Å². The Morgan fingerprint density at radius 2 is 1.25 bits per heavy atom. The molecule has 3 rings (SSSR count). The molecule has 0 saturated carbocycles. The molecule has 0 radical (unpaired) electrons. The van der Waals surface area contributed by atoms with Crippen LogP contribution in [0.4, 0.5) is 0 Å². The van der Waals surface area contributed by atoms with Crippen LogP contribution in [-0.4, -0.2) is 26.4 Å². The van der Waals surface area contributed by atoms with Crippen molar-refractivity contribution in [3.63, 3.8) is 0 Å². The number of fused-ring (bicyclic) bond motifs is 2. The first-order chi connectivity index (χ1) is 9.47.